The van der Waals surface area contributed by atoms with Crippen LogP contribution in [0.25, 0.3) is 6.08 Å². The summed E-state index contributed by atoms with van der Waals surface area (Å²) in [6.45, 7) is 3.62. The molecular weight excluding hydrogens is 547 g/mol. The molecule has 3 amide bonds. The number of nitrogens with zero attached hydrogens (tertiary/aromatic N) is 1. The normalized spacial score (nSPS) is 14.2. The highest BCUT2D eigenvalue weighted by Crippen LogP contribution is 2.37. The van der Waals surface area contributed by atoms with E-state index in [0.717, 1.165) is 33.5 Å². The number of carbonyl (C=O) groups is 3. The minimum Gasteiger partial charge on any atom is -0.493 e. The molecule has 1 N–H and O–H groups in total. The van der Waals surface area contributed by atoms with Crippen LogP contribution in [-0.2, 0) is 16.1 Å². The average molecular weight is 571 g/mol. The minimum atomic E-state index is -0.446. The van der Waals surface area contributed by atoms with Gasteiger partial charge in [0.1, 0.15) is 0 Å². The Balaban J connectivity index is 1.44. The quantitative estimate of drug-likeness (QED) is 0.297. The highest BCUT2D eigenvalue weighted by molar-refractivity contribution is 8.18. The Morgan fingerprint density at radius 3 is 2.47 bits per heavy atom. The molecule has 38 heavy (non-hydrogen) atoms. The number of anilines is 1. The molecule has 0 unspecified atom stereocenters. The van der Waals surface area contributed by atoms with Crippen LogP contribution in [0.5, 0.6) is 11.5 Å². The van der Waals surface area contributed by atoms with Crippen molar-refractivity contribution in [2.24, 2.45) is 0 Å². The summed E-state index contributed by atoms with van der Waals surface area (Å²) in [5.74, 6) is -0.0156. The van der Waals surface area contributed by atoms with E-state index >= 15 is 0 Å². The van der Waals surface area contributed by atoms with Crippen molar-refractivity contribution in [1.29, 1.82) is 0 Å². The monoisotopic (exact) mass is 570 g/mol. The van der Waals surface area contributed by atoms with Crippen molar-refractivity contribution in [3.05, 3.63) is 91.8 Å². The summed E-state index contributed by atoms with van der Waals surface area (Å²) in [4.78, 5) is 39.3. The van der Waals surface area contributed by atoms with Gasteiger partial charge in [0.25, 0.3) is 17.1 Å². The molecule has 0 saturated carbocycles. The first-order valence-electron chi connectivity index (χ1n) is 11.5. The molecule has 0 aliphatic carbocycles. The van der Waals surface area contributed by atoms with Crippen LogP contribution >= 0.6 is 35.0 Å². The number of halogens is 2. The molecular formula is C28H24Cl2N2O5S. The van der Waals surface area contributed by atoms with Crippen molar-refractivity contribution in [2.75, 3.05) is 19.0 Å². The maximum Gasteiger partial charge on any atom is 0.293 e. The lowest BCUT2D eigenvalue weighted by Gasteiger charge is -2.14. The Kier molecular flexibility index (Phi) is 8.66. The van der Waals surface area contributed by atoms with E-state index in [0.29, 0.717) is 32.7 Å². The first-order valence-corrected chi connectivity index (χ1v) is 13.1. The lowest BCUT2D eigenvalue weighted by molar-refractivity contribution is -0.123. The fourth-order valence-electron chi connectivity index (χ4n) is 3.72. The summed E-state index contributed by atoms with van der Waals surface area (Å²) in [7, 11) is 1.48. The van der Waals surface area contributed by atoms with Gasteiger partial charge in [0.15, 0.2) is 18.1 Å². The smallest absolute Gasteiger partial charge is 0.293 e. The SMILES string of the molecule is COc1cc(/C=C2\SC(=O)N(Cc3c(Cl)cccc3Cl)C2=O)ccc1OCC(=O)Nc1cc(C)ccc1C. The second-order valence-corrected chi connectivity index (χ2v) is 10.3. The van der Waals surface area contributed by atoms with E-state index in [-0.39, 0.29) is 24.0 Å². The summed E-state index contributed by atoms with van der Waals surface area (Å²) in [6, 6.07) is 15.8. The molecule has 1 fully saturated rings. The second kappa shape index (κ2) is 11.9. The average Bonchev–Trinajstić information content (AvgIpc) is 3.14. The number of carbonyl (C=O) groups excluding carboxylic acids is 3. The highest BCUT2D eigenvalue weighted by atomic mass is 35.5. The first-order chi connectivity index (χ1) is 18.2. The molecule has 0 spiro atoms. The minimum absolute atomic E-state index is 0.0270. The van der Waals surface area contributed by atoms with E-state index in [1.807, 2.05) is 32.0 Å². The third-order valence-electron chi connectivity index (χ3n) is 5.76. The zero-order valence-electron chi connectivity index (χ0n) is 20.8. The molecule has 1 aliphatic heterocycles. The van der Waals surface area contributed by atoms with Gasteiger partial charge in [-0.05, 0) is 78.7 Å². The van der Waals surface area contributed by atoms with Gasteiger partial charge in [0, 0.05) is 21.3 Å². The number of imide groups is 1. The number of amides is 3. The molecule has 0 aromatic heterocycles. The van der Waals surface area contributed by atoms with Crippen LogP contribution < -0.4 is 14.8 Å². The van der Waals surface area contributed by atoms with Gasteiger partial charge in [-0.3, -0.25) is 19.3 Å². The molecule has 1 aliphatic rings. The molecule has 10 heteroatoms. The fourth-order valence-corrected chi connectivity index (χ4v) is 5.08. The standard InChI is InChI=1S/C28H24Cl2N2O5S/c1-16-7-8-17(2)22(11-16)31-26(33)15-37-23-10-9-18(12-24(23)36-3)13-25-27(34)32(28(35)38-25)14-19-20(29)5-4-6-21(19)30/h4-13H,14-15H2,1-3H3,(H,31,33)/b25-13-. The largest absolute Gasteiger partial charge is 0.493 e. The number of aryl methyl sites for hydroxylation is 2. The molecule has 7 nitrogen and oxygen atoms in total. The zero-order valence-corrected chi connectivity index (χ0v) is 23.2. The maximum absolute atomic E-state index is 13.0. The number of thioether (sulfide) groups is 1. The molecule has 1 heterocycles. The molecule has 196 valence electrons. The van der Waals surface area contributed by atoms with E-state index < -0.39 is 11.1 Å². The van der Waals surface area contributed by atoms with E-state index in [9.17, 15) is 14.4 Å². The lowest BCUT2D eigenvalue weighted by atomic mass is 10.1. The van der Waals surface area contributed by atoms with Gasteiger partial charge < -0.3 is 14.8 Å². The summed E-state index contributed by atoms with van der Waals surface area (Å²) >= 11 is 13.3. The molecule has 1 saturated heterocycles. The van der Waals surface area contributed by atoms with Gasteiger partial charge in [0.05, 0.1) is 18.6 Å². The van der Waals surface area contributed by atoms with E-state index in [4.69, 9.17) is 32.7 Å². The van der Waals surface area contributed by atoms with Crippen molar-refractivity contribution in [3.63, 3.8) is 0 Å². The Labute approximate surface area is 234 Å². The lowest BCUT2D eigenvalue weighted by Crippen LogP contribution is -2.27. The Morgan fingerprint density at radius 2 is 1.76 bits per heavy atom. The van der Waals surface area contributed by atoms with Gasteiger partial charge in [-0.25, -0.2) is 0 Å². The number of benzene rings is 3. The zero-order chi connectivity index (χ0) is 27.4. The van der Waals surface area contributed by atoms with Gasteiger partial charge in [-0.15, -0.1) is 0 Å². The van der Waals surface area contributed by atoms with Crippen LogP contribution in [-0.4, -0.2) is 35.7 Å². The topological polar surface area (TPSA) is 84.9 Å². The summed E-state index contributed by atoms with van der Waals surface area (Å²) in [5, 5.41) is 3.19. The van der Waals surface area contributed by atoms with E-state index in [2.05, 4.69) is 5.32 Å². The van der Waals surface area contributed by atoms with Gasteiger partial charge >= 0.3 is 0 Å². The van der Waals surface area contributed by atoms with Crippen LogP contribution in [0.2, 0.25) is 10.0 Å². The van der Waals surface area contributed by atoms with Crippen molar-refractivity contribution >= 4 is 63.8 Å². The molecule has 0 atom stereocenters. The third kappa shape index (κ3) is 6.32. The van der Waals surface area contributed by atoms with E-state index in [1.54, 1.807) is 42.5 Å². The number of methoxy groups -OCH3 is 1. The fraction of sp³-hybridized carbons (Fsp3) is 0.179. The predicted molar refractivity (Wildman–Crippen MR) is 151 cm³/mol. The molecule has 0 bridgehead atoms. The van der Waals surface area contributed by atoms with Crippen LogP contribution in [0.1, 0.15) is 22.3 Å². The third-order valence-corrected chi connectivity index (χ3v) is 7.38. The van der Waals surface area contributed by atoms with E-state index in [1.165, 1.54) is 7.11 Å². The Bertz CT molecular complexity index is 1440. The Hall–Kier alpha value is -3.46. The summed E-state index contributed by atoms with van der Waals surface area (Å²) in [5.41, 5.74) is 3.84. The van der Waals surface area contributed by atoms with Crippen molar-refractivity contribution in [2.45, 2.75) is 20.4 Å². The van der Waals surface area contributed by atoms with Gasteiger partial charge in [-0.2, -0.15) is 0 Å². The Morgan fingerprint density at radius 1 is 1.03 bits per heavy atom. The summed E-state index contributed by atoms with van der Waals surface area (Å²) < 4.78 is 11.1. The molecule has 3 aromatic rings. The first kappa shape index (κ1) is 27.6. The number of hydrogen-bond acceptors (Lipinski definition) is 6. The number of ether oxygens (including phenoxy) is 2. The number of hydrogen-bond donors (Lipinski definition) is 1. The van der Waals surface area contributed by atoms with Crippen molar-refractivity contribution in [1.82, 2.24) is 4.90 Å². The van der Waals surface area contributed by atoms with Gasteiger partial charge in [-0.1, -0.05) is 47.5 Å². The number of nitrogens with one attached hydrogen (secondary N) is 1. The van der Waals surface area contributed by atoms with Gasteiger partial charge in [0.2, 0.25) is 0 Å². The van der Waals surface area contributed by atoms with Crippen LogP contribution in [0, 0.1) is 13.8 Å². The number of rotatable bonds is 8. The van der Waals surface area contributed by atoms with Crippen molar-refractivity contribution in [3.8, 4) is 11.5 Å². The van der Waals surface area contributed by atoms with Crippen LogP contribution in [0.15, 0.2) is 59.5 Å². The highest BCUT2D eigenvalue weighted by Gasteiger charge is 2.35. The molecule has 3 aromatic carbocycles. The van der Waals surface area contributed by atoms with Crippen LogP contribution in [0.3, 0.4) is 0 Å². The van der Waals surface area contributed by atoms with Crippen molar-refractivity contribution < 1.29 is 23.9 Å². The molecule has 0 radical (unpaired) electrons. The maximum atomic E-state index is 13.0. The van der Waals surface area contributed by atoms with Crippen LogP contribution in [0.4, 0.5) is 10.5 Å². The predicted octanol–water partition coefficient (Wildman–Crippen LogP) is 6.87. The summed E-state index contributed by atoms with van der Waals surface area (Å²) in [6.07, 6.45) is 1.60. The molecule has 4 rings (SSSR count). The second-order valence-electron chi connectivity index (χ2n) is 8.53.